The van der Waals surface area contributed by atoms with Gasteiger partial charge in [-0.3, -0.25) is 4.79 Å². The standard InChI is InChI=1S/C14H18N2O3/c1-15-7-5-12(18)14(19)10-4-2-3-9-11(17)6-8-16-13(9)10/h2-4,6,8,12,14-15,18-19H,5,7H2,1H3,(H,16,17). The number of aromatic amines is 1. The number of aliphatic hydroxyl groups is 2. The lowest BCUT2D eigenvalue weighted by molar-refractivity contribution is 0.0148. The van der Waals surface area contributed by atoms with Crippen molar-refractivity contribution in [3.63, 3.8) is 0 Å². The van der Waals surface area contributed by atoms with Crippen molar-refractivity contribution in [1.82, 2.24) is 10.3 Å². The van der Waals surface area contributed by atoms with Crippen LogP contribution in [0.5, 0.6) is 0 Å². The number of aliphatic hydroxyl groups excluding tert-OH is 2. The molecule has 1 aromatic heterocycles. The van der Waals surface area contributed by atoms with Crippen LogP contribution in [0.25, 0.3) is 10.9 Å². The van der Waals surface area contributed by atoms with E-state index in [2.05, 4.69) is 10.3 Å². The van der Waals surface area contributed by atoms with Gasteiger partial charge in [0.15, 0.2) is 5.43 Å². The van der Waals surface area contributed by atoms with Gasteiger partial charge in [-0.1, -0.05) is 12.1 Å². The molecule has 0 spiro atoms. The number of fused-ring (bicyclic) bond motifs is 1. The molecule has 4 N–H and O–H groups in total. The normalized spacial score (nSPS) is 14.5. The quantitative estimate of drug-likeness (QED) is 0.633. The van der Waals surface area contributed by atoms with Crippen LogP contribution in [0.4, 0.5) is 0 Å². The SMILES string of the molecule is CNCCC(O)C(O)c1cccc2c(=O)cc[nH]c12. The van der Waals surface area contributed by atoms with Crippen molar-refractivity contribution < 1.29 is 10.2 Å². The smallest absolute Gasteiger partial charge is 0.189 e. The van der Waals surface area contributed by atoms with Gasteiger partial charge in [0.25, 0.3) is 0 Å². The molecule has 2 rings (SSSR count). The highest BCUT2D eigenvalue weighted by molar-refractivity contribution is 5.81. The maximum atomic E-state index is 11.7. The Balaban J connectivity index is 2.39. The summed E-state index contributed by atoms with van der Waals surface area (Å²) >= 11 is 0. The summed E-state index contributed by atoms with van der Waals surface area (Å²) in [6.07, 6.45) is 0.0864. The van der Waals surface area contributed by atoms with Gasteiger partial charge in [-0.2, -0.15) is 0 Å². The first kappa shape index (κ1) is 13.7. The molecule has 1 aromatic carbocycles. The van der Waals surface area contributed by atoms with Gasteiger partial charge in [-0.15, -0.1) is 0 Å². The largest absolute Gasteiger partial charge is 0.390 e. The highest BCUT2D eigenvalue weighted by Crippen LogP contribution is 2.24. The van der Waals surface area contributed by atoms with Gasteiger partial charge in [0.2, 0.25) is 0 Å². The fourth-order valence-corrected chi connectivity index (χ4v) is 2.13. The van der Waals surface area contributed by atoms with Crippen molar-refractivity contribution >= 4 is 10.9 Å². The van der Waals surface area contributed by atoms with Crippen LogP contribution < -0.4 is 10.7 Å². The third kappa shape index (κ3) is 2.84. The summed E-state index contributed by atoms with van der Waals surface area (Å²) in [5.41, 5.74) is 1.01. The fraction of sp³-hybridized carbons (Fsp3) is 0.357. The van der Waals surface area contributed by atoms with E-state index in [-0.39, 0.29) is 5.43 Å². The van der Waals surface area contributed by atoms with Gasteiger partial charge < -0.3 is 20.5 Å². The molecule has 0 aliphatic rings. The van der Waals surface area contributed by atoms with Crippen LogP contribution >= 0.6 is 0 Å². The summed E-state index contributed by atoms with van der Waals surface area (Å²) in [6, 6.07) is 6.56. The lowest BCUT2D eigenvalue weighted by atomic mass is 9.99. The second kappa shape index (κ2) is 5.97. The molecule has 5 heteroatoms. The summed E-state index contributed by atoms with van der Waals surface area (Å²) < 4.78 is 0. The molecule has 0 aliphatic carbocycles. The van der Waals surface area contributed by atoms with Crippen LogP contribution in [0.1, 0.15) is 18.1 Å². The lowest BCUT2D eigenvalue weighted by Crippen LogP contribution is -2.23. The van der Waals surface area contributed by atoms with Crippen molar-refractivity contribution in [2.75, 3.05) is 13.6 Å². The number of pyridine rings is 1. The van der Waals surface area contributed by atoms with E-state index in [1.165, 1.54) is 6.07 Å². The number of aromatic nitrogens is 1. The van der Waals surface area contributed by atoms with Crippen LogP contribution in [-0.4, -0.2) is 34.9 Å². The Morgan fingerprint density at radius 2 is 2.11 bits per heavy atom. The average Bonchev–Trinajstić information content (AvgIpc) is 2.44. The minimum atomic E-state index is -1.02. The first-order valence-electron chi connectivity index (χ1n) is 6.26. The van der Waals surface area contributed by atoms with Crippen LogP contribution in [-0.2, 0) is 0 Å². The predicted molar refractivity (Wildman–Crippen MR) is 74.1 cm³/mol. The van der Waals surface area contributed by atoms with Gasteiger partial charge in [-0.05, 0) is 26.1 Å². The number of para-hydroxylation sites is 1. The Bertz CT molecular complexity index is 609. The minimum absolute atomic E-state index is 0.104. The number of hydrogen-bond donors (Lipinski definition) is 4. The van der Waals surface area contributed by atoms with Gasteiger partial charge >= 0.3 is 0 Å². The Morgan fingerprint density at radius 3 is 2.84 bits per heavy atom. The topological polar surface area (TPSA) is 85.3 Å². The van der Waals surface area contributed by atoms with E-state index < -0.39 is 12.2 Å². The molecule has 2 unspecified atom stereocenters. The number of nitrogens with one attached hydrogen (secondary N) is 2. The average molecular weight is 262 g/mol. The summed E-state index contributed by atoms with van der Waals surface area (Å²) in [5, 5.41) is 23.6. The zero-order valence-corrected chi connectivity index (χ0v) is 10.8. The maximum Gasteiger partial charge on any atom is 0.189 e. The molecular weight excluding hydrogens is 244 g/mol. The zero-order chi connectivity index (χ0) is 13.8. The van der Waals surface area contributed by atoms with Gasteiger partial charge in [0, 0.05) is 23.2 Å². The van der Waals surface area contributed by atoms with E-state index in [1.54, 1.807) is 31.4 Å². The minimum Gasteiger partial charge on any atom is -0.390 e. The molecule has 102 valence electrons. The highest BCUT2D eigenvalue weighted by Gasteiger charge is 2.20. The van der Waals surface area contributed by atoms with Crippen molar-refractivity contribution in [2.45, 2.75) is 18.6 Å². The van der Waals surface area contributed by atoms with Crippen LogP contribution in [0.2, 0.25) is 0 Å². The molecule has 0 radical (unpaired) electrons. The summed E-state index contributed by atoms with van der Waals surface area (Å²) in [5.74, 6) is 0. The number of H-pyrrole nitrogens is 1. The van der Waals surface area contributed by atoms with E-state index in [0.29, 0.717) is 29.4 Å². The zero-order valence-electron chi connectivity index (χ0n) is 10.8. The summed E-state index contributed by atoms with van der Waals surface area (Å²) in [7, 11) is 1.79. The third-order valence-electron chi connectivity index (χ3n) is 3.20. The highest BCUT2D eigenvalue weighted by atomic mass is 16.3. The molecular formula is C14H18N2O3. The first-order chi connectivity index (χ1) is 9.15. The van der Waals surface area contributed by atoms with Crippen molar-refractivity contribution in [2.24, 2.45) is 0 Å². The molecule has 0 fully saturated rings. The number of hydrogen-bond acceptors (Lipinski definition) is 4. The van der Waals surface area contributed by atoms with E-state index in [0.717, 1.165) is 0 Å². The van der Waals surface area contributed by atoms with Crippen LogP contribution in [0.15, 0.2) is 35.3 Å². The van der Waals surface area contributed by atoms with Crippen molar-refractivity contribution in [3.8, 4) is 0 Å². The van der Waals surface area contributed by atoms with E-state index in [1.807, 2.05) is 0 Å². The molecule has 1 heterocycles. The van der Waals surface area contributed by atoms with Gasteiger partial charge in [0.05, 0.1) is 11.6 Å². The van der Waals surface area contributed by atoms with Crippen molar-refractivity contribution in [3.05, 3.63) is 46.2 Å². The van der Waals surface area contributed by atoms with Gasteiger partial charge in [0.1, 0.15) is 6.10 Å². The Labute approximate surface area is 110 Å². The second-order valence-corrected chi connectivity index (χ2v) is 4.52. The molecule has 2 atom stereocenters. The molecule has 0 aliphatic heterocycles. The number of benzene rings is 1. The molecule has 0 amide bonds. The second-order valence-electron chi connectivity index (χ2n) is 4.52. The summed E-state index contributed by atoms with van der Waals surface area (Å²) in [6.45, 7) is 0.611. The molecule has 0 bridgehead atoms. The molecule has 0 saturated carbocycles. The maximum absolute atomic E-state index is 11.7. The van der Waals surface area contributed by atoms with Gasteiger partial charge in [-0.25, -0.2) is 0 Å². The fourth-order valence-electron chi connectivity index (χ4n) is 2.13. The van der Waals surface area contributed by atoms with E-state index in [4.69, 9.17) is 0 Å². The number of rotatable bonds is 5. The van der Waals surface area contributed by atoms with Crippen LogP contribution in [0, 0.1) is 0 Å². The molecule has 2 aromatic rings. The third-order valence-corrected chi connectivity index (χ3v) is 3.20. The van der Waals surface area contributed by atoms with Crippen molar-refractivity contribution in [1.29, 1.82) is 0 Å². The lowest BCUT2D eigenvalue weighted by Gasteiger charge is -2.19. The van der Waals surface area contributed by atoms with E-state index >= 15 is 0 Å². The Morgan fingerprint density at radius 1 is 1.32 bits per heavy atom. The van der Waals surface area contributed by atoms with E-state index in [9.17, 15) is 15.0 Å². The molecule has 19 heavy (non-hydrogen) atoms. The predicted octanol–water partition coefficient (Wildman–Crippen LogP) is 0.532. The Hall–Kier alpha value is -1.69. The Kier molecular flexibility index (Phi) is 4.31. The summed E-state index contributed by atoms with van der Waals surface area (Å²) in [4.78, 5) is 14.7. The molecule has 0 saturated heterocycles. The molecule has 5 nitrogen and oxygen atoms in total. The monoisotopic (exact) mass is 262 g/mol. The first-order valence-corrected chi connectivity index (χ1v) is 6.26. The van der Waals surface area contributed by atoms with Crippen LogP contribution in [0.3, 0.4) is 0 Å².